The first kappa shape index (κ1) is 14.0. The van der Waals surface area contributed by atoms with Crippen LogP contribution in [0.5, 0.6) is 0 Å². The summed E-state index contributed by atoms with van der Waals surface area (Å²) in [6, 6.07) is 8.42. The highest BCUT2D eigenvalue weighted by Gasteiger charge is 2.39. The van der Waals surface area contributed by atoms with Gasteiger partial charge in [-0.1, -0.05) is 18.2 Å². The van der Waals surface area contributed by atoms with Crippen molar-refractivity contribution in [3.05, 3.63) is 53.7 Å². The van der Waals surface area contributed by atoms with Gasteiger partial charge in [-0.25, -0.2) is 4.98 Å². The highest BCUT2D eigenvalue weighted by atomic mass is 16.1. The zero-order chi connectivity index (χ0) is 16.3. The molecule has 0 N–H and O–H groups in total. The Morgan fingerprint density at radius 2 is 2.17 bits per heavy atom. The topological polar surface area (TPSA) is 39.8 Å². The van der Waals surface area contributed by atoms with E-state index in [9.17, 15) is 4.79 Å². The molecule has 0 spiro atoms. The third-order valence-corrected chi connectivity index (χ3v) is 5.86. The van der Waals surface area contributed by atoms with Crippen molar-refractivity contribution in [2.75, 3.05) is 0 Å². The first-order valence-corrected chi connectivity index (χ1v) is 8.87. The number of hydrogen-bond acceptors (Lipinski definition) is 2. The molecule has 2 aromatic heterocycles. The third-order valence-electron chi connectivity index (χ3n) is 5.86. The molecule has 1 aromatic carbocycles. The Bertz CT molecular complexity index is 949. The predicted octanol–water partition coefficient (Wildman–Crippen LogP) is 3.93. The largest absolute Gasteiger partial charge is 0.344 e. The lowest BCUT2D eigenvalue weighted by atomic mass is 9.75. The SMILES string of the molecule is Cc1nccn1C[C@H]1C[C@H]2CCCn3c2c(c2ccccc23)C1=O. The minimum atomic E-state index is 0.0627. The molecule has 2 aliphatic rings. The summed E-state index contributed by atoms with van der Waals surface area (Å²) in [7, 11) is 0. The molecule has 4 nitrogen and oxygen atoms in total. The number of carbonyl (C=O) groups excluding carboxylic acids is 1. The number of fused-ring (bicyclic) bond motifs is 3. The summed E-state index contributed by atoms with van der Waals surface area (Å²) in [5.74, 6) is 1.89. The zero-order valence-corrected chi connectivity index (χ0v) is 13.9. The molecule has 0 fully saturated rings. The molecule has 0 unspecified atom stereocenters. The van der Waals surface area contributed by atoms with Gasteiger partial charge in [0.2, 0.25) is 0 Å². The van der Waals surface area contributed by atoms with Crippen molar-refractivity contribution in [3.8, 4) is 0 Å². The van der Waals surface area contributed by atoms with E-state index in [2.05, 4.69) is 38.4 Å². The number of hydrogen-bond donors (Lipinski definition) is 0. The van der Waals surface area contributed by atoms with Gasteiger partial charge in [0.05, 0.1) is 0 Å². The monoisotopic (exact) mass is 319 g/mol. The van der Waals surface area contributed by atoms with Crippen LogP contribution in [0.25, 0.3) is 10.9 Å². The number of ketones is 1. The Morgan fingerprint density at radius 1 is 1.29 bits per heavy atom. The molecular weight excluding hydrogens is 298 g/mol. The number of imidazole rings is 1. The fourth-order valence-electron chi connectivity index (χ4n) is 4.76. The van der Waals surface area contributed by atoms with Gasteiger partial charge in [-0.2, -0.15) is 0 Å². The maximum absolute atomic E-state index is 13.3. The minimum absolute atomic E-state index is 0.0627. The molecule has 1 aliphatic heterocycles. The Labute approximate surface area is 141 Å². The lowest BCUT2D eigenvalue weighted by Gasteiger charge is -2.33. The molecule has 5 rings (SSSR count). The summed E-state index contributed by atoms with van der Waals surface area (Å²) in [5.41, 5.74) is 3.55. The standard InChI is InChI=1S/C20H21N3O/c1-13-21-8-10-22(13)12-15-11-14-5-4-9-23-17-7-3-2-6-16(17)18(19(14)23)20(15)24/h2-3,6-8,10,14-15H,4-5,9,11-12H2,1H3/t14-,15-/m1/s1. The lowest BCUT2D eigenvalue weighted by molar-refractivity contribution is 0.0870. The zero-order valence-electron chi connectivity index (χ0n) is 13.9. The van der Waals surface area contributed by atoms with Gasteiger partial charge in [0.15, 0.2) is 5.78 Å². The van der Waals surface area contributed by atoms with E-state index in [1.54, 1.807) is 0 Å². The predicted molar refractivity (Wildman–Crippen MR) is 93.3 cm³/mol. The van der Waals surface area contributed by atoms with Crippen LogP contribution in [-0.2, 0) is 13.1 Å². The van der Waals surface area contributed by atoms with Crippen molar-refractivity contribution in [3.63, 3.8) is 0 Å². The molecule has 24 heavy (non-hydrogen) atoms. The molecule has 3 aromatic rings. The van der Waals surface area contributed by atoms with E-state index in [0.29, 0.717) is 11.7 Å². The maximum Gasteiger partial charge on any atom is 0.170 e. The van der Waals surface area contributed by atoms with E-state index in [1.807, 2.05) is 19.3 Å². The molecule has 4 heteroatoms. The summed E-state index contributed by atoms with van der Waals surface area (Å²) in [4.78, 5) is 17.6. The van der Waals surface area contributed by atoms with E-state index in [1.165, 1.54) is 24.1 Å². The normalized spacial score (nSPS) is 22.8. The van der Waals surface area contributed by atoms with Crippen LogP contribution in [0.4, 0.5) is 0 Å². The van der Waals surface area contributed by atoms with Crippen LogP contribution in [0.3, 0.4) is 0 Å². The van der Waals surface area contributed by atoms with Crippen molar-refractivity contribution >= 4 is 16.7 Å². The van der Waals surface area contributed by atoms with Gasteiger partial charge < -0.3 is 9.13 Å². The summed E-state index contributed by atoms with van der Waals surface area (Å²) in [6.07, 6.45) is 7.19. The van der Waals surface area contributed by atoms with E-state index in [4.69, 9.17) is 0 Å². The van der Waals surface area contributed by atoms with Gasteiger partial charge in [0.1, 0.15) is 5.82 Å². The van der Waals surface area contributed by atoms with Crippen molar-refractivity contribution < 1.29 is 4.79 Å². The van der Waals surface area contributed by atoms with Crippen LogP contribution in [0.2, 0.25) is 0 Å². The summed E-state index contributed by atoms with van der Waals surface area (Å²) in [5, 5.41) is 1.15. The van der Waals surface area contributed by atoms with Gasteiger partial charge in [-0.3, -0.25) is 4.79 Å². The summed E-state index contributed by atoms with van der Waals surface area (Å²) >= 11 is 0. The van der Waals surface area contributed by atoms with Gasteiger partial charge in [0.25, 0.3) is 0 Å². The fourth-order valence-corrected chi connectivity index (χ4v) is 4.76. The average Bonchev–Trinajstić information content (AvgIpc) is 3.15. The number of rotatable bonds is 2. The third kappa shape index (κ3) is 1.86. The first-order chi connectivity index (χ1) is 11.7. The van der Waals surface area contributed by atoms with Crippen LogP contribution >= 0.6 is 0 Å². The van der Waals surface area contributed by atoms with Crippen molar-refractivity contribution in [1.82, 2.24) is 14.1 Å². The van der Waals surface area contributed by atoms with E-state index in [0.717, 1.165) is 36.3 Å². The Kier molecular flexibility index (Phi) is 2.96. The van der Waals surface area contributed by atoms with Crippen LogP contribution in [-0.4, -0.2) is 19.9 Å². The number of aryl methyl sites for hydroxylation is 2. The number of nitrogens with zero attached hydrogens (tertiary/aromatic N) is 3. The fraction of sp³-hybridized carbons (Fsp3) is 0.400. The molecular formula is C20H21N3O. The smallest absolute Gasteiger partial charge is 0.170 e. The number of aromatic nitrogens is 3. The second kappa shape index (κ2) is 5.07. The Hall–Kier alpha value is -2.36. The number of benzene rings is 1. The van der Waals surface area contributed by atoms with Crippen LogP contribution in [0.15, 0.2) is 36.7 Å². The average molecular weight is 319 g/mol. The van der Waals surface area contributed by atoms with Crippen LogP contribution in [0.1, 0.15) is 47.1 Å². The minimum Gasteiger partial charge on any atom is -0.344 e. The van der Waals surface area contributed by atoms with Crippen molar-refractivity contribution in [2.24, 2.45) is 5.92 Å². The summed E-state index contributed by atoms with van der Waals surface area (Å²) < 4.78 is 4.53. The van der Waals surface area contributed by atoms with Gasteiger partial charge >= 0.3 is 0 Å². The van der Waals surface area contributed by atoms with Gasteiger partial charge in [-0.15, -0.1) is 0 Å². The van der Waals surface area contributed by atoms with Crippen LogP contribution in [0, 0.1) is 12.8 Å². The lowest BCUT2D eigenvalue weighted by Crippen LogP contribution is -2.31. The number of carbonyl (C=O) groups is 1. The van der Waals surface area contributed by atoms with Gasteiger partial charge in [-0.05, 0) is 32.3 Å². The molecule has 0 saturated carbocycles. The molecule has 0 bridgehead atoms. The maximum atomic E-state index is 13.3. The first-order valence-electron chi connectivity index (χ1n) is 8.87. The summed E-state index contributed by atoms with van der Waals surface area (Å²) in [6.45, 7) is 3.80. The van der Waals surface area contributed by atoms with Crippen molar-refractivity contribution in [2.45, 2.75) is 45.2 Å². The van der Waals surface area contributed by atoms with Crippen molar-refractivity contribution in [1.29, 1.82) is 0 Å². The van der Waals surface area contributed by atoms with E-state index < -0.39 is 0 Å². The quantitative estimate of drug-likeness (QED) is 0.718. The second-order valence-electron chi connectivity index (χ2n) is 7.19. The molecule has 1 aliphatic carbocycles. The Morgan fingerprint density at radius 3 is 3.00 bits per heavy atom. The molecule has 0 saturated heterocycles. The van der Waals surface area contributed by atoms with E-state index >= 15 is 0 Å². The molecule has 0 amide bonds. The molecule has 0 radical (unpaired) electrons. The Balaban J connectivity index is 1.65. The van der Waals surface area contributed by atoms with Crippen LogP contribution < -0.4 is 0 Å². The number of Topliss-reactive ketones (excluding diaryl/α,β-unsaturated/α-hetero) is 1. The molecule has 2 atom stereocenters. The molecule has 3 heterocycles. The van der Waals surface area contributed by atoms with Gasteiger partial charge in [0, 0.05) is 59.5 Å². The highest BCUT2D eigenvalue weighted by Crippen LogP contribution is 2.45. The molecule has 122 valence electrons. The number of para-hydroxylation sites is 1. The highest BCUT2D eigenvalue weighted by molar-refractivity contribution is 6.11. The van der Waals surface area contributed by atoms with E-state index in [-0.39, 0.29) is 5.92 Å². The second-order valence-corrected chi connectivity index (χ2v) is 7.19.